The van der Waals surface area contributed by atoms with Crippen LogP contribution in [0, 0.1) is 0 Å². The van der Waals surface area contributed by atoms with Gasteiger partial charge in [0, 0.05) is 0 Å². The van der Waals surface area contributed by atoms with E-state index >= 15 is 0 Å². The van der Waals surface area contributed by atoms with E-state index in [-0.39, 0.29) is 5.91 Å². The molecule has 2 rings (SSSR count). The van der Waals surface area contributed by atoms with Crippen molar-refractivity contribution in [2.45, 2.75) is 6.54 Å². The topological polar surface area (TPSA) is 41.5 Å². The van der Waals surface area contributed by atoms with Gasteiger partial charge in [-0.3, -0.25) is 0 Å². The summed E-state index contributed by atoms with van der Waals surface area (Å²) in [5, 5.41) is 3.30. The quantitative estimate of drug-likeness (QED) is 0.516. The van der Waals surface area contributed by atoms with Gasteiger partial charge in [-0.1, -0.05) is 0 Å². The Kier molecular flexibility index (Phi) is 5.36. The van der Waals surface area contributed by atoms with Crippen LogP contribution in [0.1, 0.15) is 15.9 Å². The zero-order valence-electron chi connectivity index (χ0n) is 10.5. The van der Waals surface area contributed by atoms with Crippen molar-refractivity contribution in [3.05, 3.63) is 70.7 Å². The van der Waals surface area contributed by atoms with Crippen LogP contribution < -0.4 is 5.32 Å². The standard InChI is InChI=1S/C15H12ClN2OSe/c16-13-8-6-12(7-9-13)14(19)18-15(20)17-10-11-4-2-1-3-5-11/h1-9H,10H2,(H,17,18,19). The predicted octanol–water partition coefficient (Wildman–Crippen LogP) is 2.79. The number of halogens is 1. The van der Waals surface area contributed by atoms with Crippen molar-refractivity contribution in [3.8, 4) is 0 Å². The number of amidine groups is 1. The molecule has 1 amide bonds. The van der Waals surface area contributed by atoms with Crippen LogP contribution in [0.3, 0.4) is 0 Å². The average molecular weight is 351 g/mol. The Morgan fingerprint density at radius 3 is 2.40 bits per heavy atom. The van der Waals surface area contributed by atoms with Crippen LogP contribution in [-0.4, -0.2) is 26.7 Å². The van der Waals surface area contributed by atoms with E-state index in [1.54, 1.807) is 24.3 Å². The molecule has 5 heteroatoms. The van der Waals surface area contributed by atoms with Crippen LogP contribution in [0.2, 0.25) is 5.02 Å². The van der Waals surface area contributed by atoms with Crippen LogP contribution in [-0.2, 0) is 6.54 Å². The molecule has 0 aliphatic rings. The van der Waals surface area contributed by atoms with Crippen LogP contribution >= 0.6 is 11.6 Å². The molecular weight excluding hydrogens is 339 g/mol. The van der Waals surface area contributed by atoms with Crippen LogP contribution in [0.5, 0.6) is 0 Å². The molecule has 2 aromatic carbocycles. The van der Waals surface area contributed by atoms with Gasteiger partial charge in [0.05, 0.1) is 0 Å². The van der Waals surface area contributed by atoms with E-state index in [1.807, 2.05) is 30.3 Å². The number of nitrogens with one attached hydrogen (secondary N) is 1. The molecule has 3 nitrogen and oxygen atoms in total. The van der Waals surface area contributed by atoms with E-state index in [1.165, 1.54) is 0 Å². The second-order valence-corrected chi connectivity index (χ2v) is 5.32. The van der Waals surface area contributed by atoms with Crippen molar-refractivity contribution >= 4 is 38.3 Å². The summed E-state index contributed by atoms with van der Waals surface area (Å²) in [6.45, 7) is 0.518. The van der Waals surface area contributed by atoms with Gasteiger partial charge in [0.25, 0.3) is 0 Å². The molecule has 2 aromatic rings. The monoisotopic (exact) mass is 351 g/mol. The number of aliphatic imine (C=N–C) groups is 1. The van der Waals surface area contributed by atoms with Gasteiger partial charge in [-0.15, -0.1) is 0 Å². The summed E-state index contributed by atoms with van der Waals surface area (Å²) in [5.41, 5.74) is 1.62. The molecule has 0 atom stereocenters. The summed E-state index contributed by atoms with van der Waals surface area (Å²) in [4.78, 5) is 16.2. The second-order valence-electron chi connectivity index (χ2n) is 4.07. The third-order valence-electron chi connectivity index (χ3n) is 2.57. The number of rotatable bonds is 3. The van der Waals surface area contributed by atoms with Crippen LogP contribution in [0.4, 0.5) is 0 Å². The van der Waals surface area contributed by atoms with Crippen molar-refractivity contribution in [1.29, 1.82) is 0 Å². The van der Waals surface area contributed by atoms with Gasteiger partial charge < -0.3 is 0 Å². The number of benzene rings is 2. The Morgan fingerprint density at radius 1 is 1.10 bits per heavy atom. The first-order chi connectivity index (χ1) is 9.65. The van der Waals surface area contributed by atoms with Gasteiger partial charge in [0.15, 0.2) is 0 Å². The molecule has 1 radical (unpaired) electrons. The average Bonchev–Trinajstić information content (AvgIpc) is 2.47. The molecule has 0 aliphatic heterocycles. The number of amides is 1. The summed E-state index contributed by atoms with van der Waals surface area (Å²) in [5.74, 6) is -0.216. The van der Waals surface area contributed by atoms with E-state index < -0.39 is 0 Å². The van der Waals surface area contributed by atoms with Gasteiger partial charge in [0.2, 0.25) is 0 Å². The number of hydrogen-bond acceptors (Lipinski definition) is 2. The molecule has 0 fully saturated rings. The summed E-state index contributed by atoms with van der Waals surface area (Å²) < 4.78 is 0.466. The van der Waals surface area contributed by atoms with Crippen molar-refractivity contribution in [2.75, 3.05) is 0 Å². The molecule has 101 valence electrons. The van der Waals surface area contributed by atoms with Crippen LogP contribution in [0.15, 0.2) is 59.6 Å². The maximum absolute atomic E-state index is 11.9. The Bertz CT molecular complexity index is 612. The fraction of sp³-hybridized carbons (Fsp3) is 0.0667. The first-order valence-corrected chi connectivity index (χ1v) is 7.21. The van der Waals surface area contributed by atoms with Gasteiger partial charge >= 0.3 is 131 Å². The van der Waals surface area contributed by atoms with E-state index in [2.05, 4.69) is 26.3 Å². The molecule has 1 N–H and O–H groups in total. The SMILES string of the molecule is O=C(NC([Se])=NCc1ccccc1)c1ccc(Cl)cc1. The Balaban J connectivity index is 1.95. The Morgan fingerprint density at radius 2 is 1.75 bits per heavy atom. The maximum atomic E-state index is 11.9. The van der Waals surface area contributed by atoms with E-state index in [0.717, 1.165) is 5.56 Å². The first kappa shape index (κ1) is 14.8. The molecular formula is C15H12ClN2OSe. The molecule has 0 saturated heterocycles. The number of nitrogens with zero attached hydrogens (tertiary/aromatic N) is 1. The first-order valence-electron chi connectivity index (χ1n) is 5.97. The zero-order chi connectivity index (χ0) is 14.4. The van der Waals surface area contributed by atoms with Crippen LogP contribution in [0.25, 0.3) is 0 Å². The fourth-order valence-corrected chi connectivity index (χ4v) is 2.01. The summed E-state index contributed by atoms with van der Waals surface area (Å²) in [7, 11) is 0. The van der Waals surface area contributed by atoms with Crippen molar-refractivity contribution in [3.63, 3.8) is 0 Å². The van der Waals surface area contributed by atoms with Gasteiger partial charge in [-0.05, 0) is 0 Å². The van der Waals surface area contributed by atoms with Gasteiger partial charge in [-0.2, -0.15) is 0 Å². The van der Waals surface area contributed by atoms with Crippen molar-refractivity contribution in [2.24, 2.45) is 4.99 Å². The summed E-state index contributed by atoms with van der Waals surface area (Å²) in [6.07, 6.45) is 0. The van der Waals surface area contributed by atoms with Gasteiger partial charge in [-0.25, -0.2) is 0 Å². The fourth-order valence-electron chi connectivity index (χ4n) is 1.56. The zero-order valence-corrected chi connectivity index (χ0v) is 13.0. The molecule has 0 unspecified atom stereocenters. The molecule has 0 saturated carbocycles. The van der Waals surface area contributed by atoms with Crippen molar-refractivity contribution in [1.82, 2.24) is 5.32 Å². The third kappa shape index (κ3) is 4.49. The molecule has 0 aliphatic carbocycles. The molecule has 0 aromatic heterocycles. The molecule has 0 heterocycles. The normalized spacial score (nSPS) is 11.2. The Hall–Kier alpha value is -1.61. The Labute approximate surface area is 130 Å². The number of carbonyl (C=O) groups is 1. The van der Waals surface area contributed by atoms with Crippen molar-refractivity contribution < 1.29 is 4.79 Å². The summed E-state index contributed by atoms with van der Waals surface area (Å²) >= 11 is 8.53. The molecule has 0 bridgehead atoms. The number of hydrogen-bond donors (Lipinski definition) is 1. The minimum atomic E-state index is -0.216. The second kappa shape index (κ2) is 7.25. The summed E-state index contributed by atoms with van der Waals surface area (Å²) in [6, 6.07) is 16.5. The van der Waals surface area contributed by atoms with E-state index in [4.69, 9.17) is 11.6 Å². The van der Waals surface area contributed by atoms with E-state index in [9.17, 15) is 4.79 Å². The molecule has 20 heavy (non-hydrogen) atoms. The third-order valence-corrected chi connectivity index (χ3v) is 3.31. The van der Waals surface area contributed by atoms with E-state index in [0.29, 0.717) is 21.9 Å². The predicted molar refractivity (Wildman–Crippen MR) is 82.3 cm³/mol. The number of carbonyl (C=O) groups excluding carboxylic acids is 1. The van der Waals surface area contributed by atoms with Gasteiger partial charge in [0.1, 0.15) is 0 Å². The molecule has 0 spiro atoms. The minimum absolute atomic E-state index is 0.216.